The lowest BCUT2D eigenvalue weighted by molar-refractivity contribution is 0.0696. The van der Waals surface area contributed by atoms with Gasteiger partial charge in [0.1, 0.15) is 4.90 Å². The molecule has 0 spiro atoms. The van der Waals surface area contributed by atoms with Crippen molar-refractivity contribution in [3.05, 3.63) is 40.5 Å². The largest absolute Gasteiger partial charge is 0.494 e. The summed E-state index contributed by atoms with van der Waals surface area (Å²) in [6, 6.07) is 6.57. The second kappa shape index (κ2) is 11.3. The molecule has 5 rings (SSSR count). The fraction of sp³-hybridized carbons (Fsp3) is 0.417. The highest BCUT2D eigenvalue weighted by molar-refractivity contribution is 9.10. The van der Waals surface area contributed by atoms with Crippen molar-refractivity contribution in [3.8, 4) is 17.1 Å². The van der Waals surface area contributed by atoms with Gasteiger partial charge in [-0.2, -0.15) is 4.31 Å². The first-order valence-corrected chi connectivity index (χ1v) is 14.1. The number of fused-ring (bicyclic) bond motifs is 1. The molecule has 4 heterocycles. The van der Waals surface area contributed by atoms with Gasteiger partial charge in [-0.1, -0.05) is 0 Å². The van der Waals surface area contributed by atoms with E-state index in [0.717, 1.165) is 12.8 Å². The summed E-state index contributed by atoms with van der Waals surface area (Å²) in [7, 11) is -1.69. The SMILES string of the molecule is CN1CCN(S(=O)(=O)c2ccc(-c3c(O)[nH]c4cc(Br)c(C(=O)NC5CCOCC5)cc34)nc2)CC1.Cl. The van der Waals surface area contributed by atoms with Crippen LogP contribution >= 0.6 is 28.3 Å². The Balaban J connectivity index is 0.00000320. The van der Waals surface area contributed by atoms with Gasteiger partial charge in [0.25, 0.3) is 5.91 Å². The number of hydrogen-bond donors (Lipinski definition) is 3. The number of nitrogens with one attached hydrogen (secondary N) is 2. The maximum atomic E-state index is 13.0. The summed E-state index contributed by atoms with van der Waals surface area (Å²) in [5, 5.41) is 14.3. The van der Waals surface area contributed by atoms with Gasteiger partial charge in [0, 0.05) is 61.5 Å². The van der Waals surface area contributed by atoms with E-state index in [1.807, 2.05) is 7.05 Å². The number of halogens is 2. The molecular weight excluding hydrogens is 586 g/mol. The van der Waals surface area contributed by atoms with Gasteiger partial charge in [-0.15, -0.1) is 12.4 Å². The van der Waals surface area contributed by atoms with Crippen molar-refractivity contribution in [1.29, 1.82) is 0 Å². The van der Waals surface area contributed by atoms with Crippen LogP contribution in [0, 0.1) is 0 Å². The molecule has 0 unspecified atom stereocenters. The number of rotatable bonds is 5. The number of aromatic nitrogens is 2. The standard InChI is InChI=1S/C24H28BrN5O5S.ClH/c1-29-6-8-30(9-7-29)36(33,34)16-2-3-20(26-14-16)22-18-12-17(19(25)13-21(18)28-24(22)32)23(31)27-15-4-10-35-11-5-15;/h2-3,12-15,28,32H,4-11H2,1H3,(H,27,31);1H. The number of amides is 1. The number of carbonyl (C=O) groups is 1. The number of aromatic amines is 1. The maximum absolute atomic E-state index is 13.0. The predicted octanol–water partition coefficient (Wildman–Crippen LogP) is 2.96. The summed E-state index contributed by atoms with van der Waals surface area (Å²) >= 11 is 3.47. The molecule has 10 nitrogen and oxygen atoms in total. The molecule has 2 fully saturated rings. The Morgan fingerprint density at radius 2 is 1.89 bits per heavy atom. The average Bonchev–Trinajstić information content (AvgIpc) is 3.18. The highest BCUT2D eigenvalue weighted by atomic mass is 79.9. The van der Waals surface area contributed by atoms with Crippen molar-refractivity contribution in [1.82, 2.24) is 24.5 Å². The van der Waals surface area contributed by atoms with Crippen LogP contribution in [0.3, 0.4) is 0 Å². The van der Waals surface area contributed by atoms with Crippen molar-refractivity contribution in [2.24, 2.45) is 0 Å². The molecular formula is C24H29BrClN5O5S. The lowest BCUT2D eigenvalue weighted by atomic mass is 10.0. The Morgan fingerprint density at radius 3 is 2.54 bits per heavy atom. The third-order valence-electron chi connectivity index (χ3n) is 6.76. The van der Waals surface area contributed by atoms with E-state index in [2.05, 4.69) is 36.1 Å². The number of carbonyl (C=O) groups excluding carboxylic acids is 1. The smallest absolute Gasteiger partial charge is 0.252 e. The van der Waals surface area contributed by atoms with Crippen molar-refractivity contribution in [3.63, 3.8) is 0 Å². The first-order chi connectivity index (χ1) is 17.2. The van der Waals surface area contributed by atoms with Gasteiger partial charge in [-0.3, -0.25) is 9.78 Å². The fourth-order valence-electron chi connectivity index (χ4n) is 4.60. The number of nitrogens with zero attached hydrogens (tertiary/aromatic N) is 3. The molecule has 0 saturated carbocycles. The van der Waals surface area contributed by atoms with Crippen LogP contribution in [0.1, 0.15) is 23.2 Å². The van der Waals surface area contributed by atoms with Crippen molar-refractivity contribution in [2.75, 3.05) is 46.4 Å². The topological polar surface area (TPSA) is 128 Å². The minimum absolute atomic E-state index is 0. The van der Waals surface area contributed by atoms with Crippen molar-refractivity contribution in [2.45, 2.75) is 23.8 Å². The quantitative estimate of drug-likeness (QED) is 0.403. The molecule has 0 bridgehead atoms. The minimum Gasteiger partial charge on any atom is -0.494 e. The van der Waals surface area contributed by atoms with Crippen LogP contribution in [-0.2, 0) is 14.8 Å². The normalized spacial score (nSPS) is 18.0. The molecule has 3 aromatic rings. The van der Waals surface area contributed by atoms with E-state index in [9.17, 15) is 18.3 Å². The summed E-state index contributed by atoms with van der Waals surface area (Å²) in [5.74, 6) is -0.329. The predicted molar refractivity (Wildman–Crippen MR) is 146 cm³/mol. The molecule has 3 N–H and O–H groups in total. The Labute approximate surface area is 230 Å². The van der Waals surface area contributed by atoms with Crippen molar-refractivity contribution >= 4 is 55.2 Å². The van der Waals surface area contributed by atoms with Crippen LogP contribution in [0.5, 0.6) is 5.88 Å². The summed E-state index contributed by atoms with van der Waals surface area (Å²) < 4.78 is 33.5. The highest BCUT2D eigenvalue weighted by Crippen LogP contribution is 2.38. The number of sulfonamides is 1. The zero-order valence-electron chi connectivity index (χ0n) is 20.2. The Morgan fingerprint density at radius 1 is 1.19 bits per heavy atom. The van der Waals surface area contributed by atoms with E-state index in [1.165, 1.54) is 16.6 Å². The highest BCUT2D eigenvalue weighted by Gasteiger charge is 2.28. The van der Waals surface area contributed by atoms with Crippen LogP contribution in [-0.4, -0.2) is 91.1 Å². The van der Waals surface area contributed by atoms with Crippen LogP contribution in [0.15, 0.2) is 39.8 Å². The second-order valence-corrected chi connectivity index (χ2v) is 12.0. The zero-order chi connectivity index (χ0) is 25.4. The lowest BCUT2D eigenvalue weighted by Crippen LogP contribution is -2.47. The number of H-pyrrole nitrogens is 1. The molecule has 0 atom stereocenters. The third-order valence-corrected chi connectivity index (χ3v) is 9.30. The van der Waals surface area contributed by atoms with Gasteiger partial charge in [0.2, 0.25) is 10.0 Å². The van der Waals surface area contributed by atoms with Crippen LogP contribution < -0.4 is 5.32 Å². The van der Waals surface area contributed by atoms with E-state index >= 15 is 0 Å². The molecule has 2 aromatic heterocycles. The van der Waals surface area contributed by atoms with Gasteiger partial charge < -0.3 is 25.0 Å². The molecule has 2 aliphatic rings. The molecule has 1 aromatic carbocycles. The van der Waals surface area contributed by atoms with E-state index < -0.39 is 10.0 Å². The number of pyridine rings is 1. The summed E-state index contributed by atoms with van der Waals surface area (Å²) in [6.07, 6.45) is 2.84. The van der Waals surface area contributed by atoms with E-state index in [-0.39, 0.29) is 35.1 Å². The Kier molecular flexibility index (Phi) is 8.46. The summed E-state index contributed by atoms with van der Waals surface area (Å²) in [5.41, 5.74) is 1.85. The maximum Gasteiger partial charge on any atom is 0.252 e. The third kappa shape index (κ3) is 5.64. The average molecular weight is 615 g/mol. The number of ether oxygens (including phenoxy) is 1. The fourth-order valence-corrected chi connectivity index (χ4v) is 6.49. The first kappa shape index (κ1) is 27.8. The van der Waals surface area contributed by atoms with E-state index in [4.69, 9.17) is 4.74 Å². The molecule has 13 heteroatoms. The zero-order valence-corrected chi connectivity index (χ0v) is 23.5. The Hall–Kier alpha value is -2.22. The van der Waals surface area contributed by atoms with Crippen molar-refractivity contribution < 1.29 is 23.1 Å². The number of benzene rings is 1. The van der Waals surface area contributed by atoms with Crippen LogP contribution in [0.4, 0.5) is 0 Å². The molecule has 0 radical (unpaired) electrons. The summed E-state index contributed by atoms with van der Waals surface area (Å²) in [4.78, 5) is 22.5. The van der Waals surface area contributed by atoms with Gasteiger partial charge in [-0.25, -0.2) is 8.42 Å². The molecule has 1 amide bonds. The molecule has 2 saturated heterocycles. The second-order valence-electron chi connectivity index (χ2n) is 9.17. The monoisotopic (exact) mass is 613 g/mol. The first-order valence-electron chi connectivity index (χ1n) is 11.8. The summed E-state index contributed by atoms with van der Waals surface area (Å²) in [6.45, 7) is 3.44. The van der Waals surface area contributed by atoms with E-state index in [0.29, 0.717) is 71.6 Å². The minimum atomic E-state index is -3.66. The number of piperazine rings is 1. The van der Waals surface area contributed by atoms with Gasteiger partial charge in [0.05, 0.1) is 22.3 Å². The lowest BCUT2D eigenvalue weighted by Gasteiger charge is -2.31. The number of aromatic hydroxyl groups is 1. The van der Waals surface area contributed by atoms with Gasteiger partial charge >= 0.3 is 0 Å². The number of likely N-dealkylation sites (N-methyl/N-ethyl adjacent to an activating group) is 1. The van der Waals surface area contributed by atoms with Gasteiger partial charge in [-0.05, 0) is 60.1 Å². The molecule has 37 heavy (non-hydrogen) atoms. The van der Waals surface area contributed by atoms with E-state index in [1.54, 1.807) is 18.2 Å². The molecule has 2 aliphatic heterocycles. The molecule has 200 valence electrons. The number of hydrogen-bond acceptors (Lipinski definition) is 7. The Bertz CT molecular complexity index is 1380. The molecule has 0 aliphatic carbocycles. The van der Waals surface area contributed by atoms with Crippen LogP contribution in [0.25, 0.3) is 22.2 Å². The van der Waals surface area contributed by atoms with Crippen LogP contribution in [0.2, 0.25) is 0 Å². The van der Waals surface area contributed by atoms with Gasteiger partial charge in [0.15, 0.2) is 5.88 Å².